The SMILES string of the molecule is O=[N+]([O-])c1ccc(NCCCNCc2ccccc2)cc1. The van der Waals surface area contributed by atoms with Crippen LogP contribution in [0.2, 0.25) is 0 Å². The average Bonchev–Trinajstić information content (AvgIpc) is 2.52. The zero-order chi connectivity index (χ0) is 14.9. The molecule has 0 unspecified atom stereocenters. The van der Waals surface area contributed by atoms with Crippen molar-refractivity contribution in [2.45, 2.75) is 13.0 Å². The molecular formula is C16H19N3O2. The fourth-order valence-electron chi connectivity index (χ4n) is 1.98. The van der Waals surface area contributed by atoms with Gasteiger partial charge >= 0.3 is 0 Å². The van der Waals surface area contributed by atoms with Gasteiger partial charge in [0.15, 0.2) is 0 Å². The van der Waals surface area contributed by atoms with Gasteiger partial charge in [0, 0.05) is 30.9 Å². The number of non-ortho nitro benzene ring substituents is 1. The second-order valence-electron chi connectivity index (χ2n) is 4.75. The van der Waals surface area contributed by atoms with Gasteiger partial charge in [-0.05, 0) is 30.7 Å². The maximum Gasteiger partial charge on any atom is 0.269 e. The summed E-state index contributed by atoms with van der Waals surface area (Å²) in [5.41, 5.74) is 2.30. The molecule has 0 radical (unpaired) electrons. The molecule has 5 heteroatoms. The van der Waals surface area contributed by atoms with E-state index in [-0.39, 0.29) is 5.69 Å². The number of nitro groups is 1. The van der Waals surface area contributed by atoms with E-state index in [0.29, 0.717) is 0 Å². The van der Waals surface area contributed by atoms with Crippen LogP contribution < -0.4 is 10.6 Å². The Labute approximate surface area is 124 Å². The molecule has 2 aromatic rings. The largest absolute Gasteiger partial charge is 0.385 e. The first-order valence-electron chi connectivity index (χ1n) is 6.99. The van der Waals surface area contributed by atoms with Crippen molar-refractivity contribution in [3.8, 4) is 0 Å². The van der Waals surface area contributed by atoms with Gasteiger partial charge in [0.25, 0.3) is 5.69 Å². The third-order valence-corrected chi connectivity index (χ3v) is 3.11. The molecule has 0 aliphatic rings. The summed E-state index contributed by atoms with van der Waals surface area (Å²) in [5.74, 6) is 0. The summed E-state index contributed by atoms with van der Waals surface area (Å²) in [7, 11) is 0. The van der Waals surface area contributed by atoms with Gasteiger partial charge in [-0.25, -0.2) is 0 Å². The summed E-state index contributed by atoms with van der Waals surface area (Å²) in [6, 6.07) is 16.8. The zero-order valence-corrected chi connectivity index (χ0v) is 11.8. The lowest BCUT2D eigenvalue weighted by atomic mass is 10.2. The van der Waals surface area contributed by atoms with Crippen LogP contribution in [0.1, 0.15) is 12.0 Å². The van der Waals surface area contributed by atoms with Crippen LogP contribution in [-0.2, 0) is 6.54 Å². The predicted octanol–water partition coefficient (Wildman–Crippen LogP) is 3.19. The van der Waals surface area contributed by atoms with E-state index < -0.39 is 4.92 Å². The van der Waals surface area contributed by atoms with Gasteiger partial charge in [-0.1, -0.05) is 30.3 Å². The van der Waals surface area contributed by atoms with Crippen molar-refractivity contribution in [3.05, 3.63) is 70.3 Å². The van der Waals surface area contributed by atoms with Crippen molar-refractivity contribution < 1.29 is 4.92 Å². The molecule has 110 valence electrons. The topological polar surface area (TPSA) is 67.2 Å². The highest BCUT2D eigenvalue weighted by Crippen LogP contribution is 2.15. The minimum absolute atomic E-state index is 0.116. The summed E-state index contributed by atoms with van der Waals surface area (Å²) in [6.45, 7) is 2.63. The van der Waals surface area contributed by atoms with Crippen LogP contribution in [-0.4, -0.2) is 18.0 Å². The van der Waals surface area contributed by atoms with E-state index in [4.69, 9.17) is 0 Å². The van der Waals surface area contributed by atoms with Crippen LogP contribution in [0.4, 0.5) is 11.4 Å². The van der Waals surface area contributed by atoms with Gasteiger partial charge in [0.1, 0.15) is 0 Å². The molecule has 2 rings (SSSR count). The Hall–Kier alpha value is -2.40. The van der Waals surface area contributed by atoms with E-state index in [0.717, 1.165) is 31.7 Å². The highest BCUT2D eigenvalue weighted by Gasteiger charge is 2.02. The van der Waals surface area contributed by atoms with E-state index in [1.165, 1.54) is 17.7 Å². The Morgan fingerprint density at radius 1 is 0.952 bits per heavy atom. The van der Waals surface area contributed by atoms with E-state index in [9.17, 15) is 10.1 Å². The van der Waals surface area contributed by atoms with Crippen molar-refractivity contribution in [1.82, 2.24) is 5.32 Å². The van der Waals surface area contributed by atoms with Gasteiger partial charge < -0.3 is 10.6 Å². The summed E-state index contributed by atoms with van der Waals surface area (Å²) in [4.78, 5) is 10.1. The maximum atomic E-state index is 10.5. The first-order chi connectivity index (χ1) is 10.3. The number of hydrogen-bond acceptors (Lipinski definition) is 4. The maximum absolute atomic E-state index is 10.5. The first kappa shape index (κ1) is 15.0. The predicted molar refractivity (Wildman–Crippen MR) is 84.4 cm³/mol. The van der Waals surface area contributed by atoms with E-state index in [1.54, 1.807) is 12.1 Å². The van der Waals surface area contributed by atoms with E-state index in [1.807, 2.05) is 18.2 Å². The third-order valence-electron chi connectivity index (χ3n) is 3.11. The summed E-state index contributed by atoms with van der Waals surface area (Å²) in [6.07, 6.45) is 0.990. The Morgan fingerprint density at radius 2 is 1.67 bits per heavy atom. The number of nitrogens with one attached hydrogen (secondary N) is 2. The van der Waals surface area contributed by atoms with Gasteiger partial charge in [-0.15, -0.1) is 0 Å². The van der Waals surface area contributed by atoms with Crippen molar-refractivity contribution in [1.29, 1.82) is 0 Å². The molecule has 0 aromatic heterocycles. The molecule has 0 atom stereocenters. The molecule has 5 nitrogen and oxygen atoms in total. The van der Waals surface area contributed by atoms with Gasteiger partial charge in [0.2, 0.25) is 0 Å². The first-order valence-corrected chi connectivity index (χ1v) is 6.99. The molecule has 0 saturated heterocycles. The molecule has 0 bridgehead atoms. The van der Waals surface area contributed by atoms with Gasteiger partial charge in [-0.2, -0.15) is 0 Å². The molecule has 0 amide bonds. The molecular weight excluding hydrogens is 266 g/mol. The molecule has 0 aliphatic heterocycles. The lowest BCUT2D eigenvalue weighted by molar-refractivity contribution is -0.384. The fraction of sp³-hybridized carbons (Fsp3) is 0.250. The Kier molecular flexibility index (Phi) is 5.72. The minimum Gasteiger partial charge on any atom is -0.385 e. The van der Waals surface area contributed by atoms with Crippen LogP contribution in [0.25, 0.3) is 0 Å². The van der Waals surface area contributed by atoms with Crippen molar-refractivity contribution >= 4 is 11.4 Å². The minimum atomic E-state index is -0.392. The molecule has 2 aromatic carbocycles. The molecule has 21 heavy (non-hydrogen) atoms. The molecule has 0 heterocycles. The molecule has 0 aliphatic carbocycles. The number of nitro benzene ring substituents is 1. The summed E-state index contributed by atoms with van der Waals surface area (Å²) in [5, 5.41) is 17.2. The quantitative estimate of drug-likeness (QED) is 0.444. The number of anilines is 1. The lowest BCUT2D eigenvalue weighted by Gasteiger charge is -2.07. The second-order valence-corrected chi connectivity index (χ2v) is 4.75. The zero-order valence-electron chi connectivity index (χ0n) is 11.8. The van der Waals surface area contributed by atoms with Gasteiger partial charge in [-0.3, -0.25) is 10.1 Å². The van der Waals surface area contributed by atoms with Crippen LogP contribution >= 0.6 is 0 Å². The molecule has 0 fully saturated rings. The molecule has 0 saturated carbocycles. The Bertz CT molecular complexity index is 555. The number of benzene rings is 2. The highest BCUT2D eigenvalue weighted by molar-refractivity contribution is 5.48. The monoisotopic (exact) mass is 285 g/mol. The van der Waals surface area contributed by atoms with Crippen LogP contribution in [0, 0.1) is 10.1 Å². The summed E-state index contributed by atoms with van der Waals surface area (Å²) < 4.78 is 0. The average molecular weight is 285 g/mol. The number of nitrogens with zero attached hydrogens (tertiary/aromatic N) is 1. The summed E-state index contributed by atoms with van der Waals surface area (Å²) >= 11 is 0. The number of hydrogen-bond donors (Lipinski definition) is 2. The smallest absolute Gasteiger partial charge is 0.269 e. The van der Waals surface area contributed by atoms with E-state index in [2.05, 4.69) is 22.8 Å². The molecule has 0 spiro atoms. The van der Waals surface area contributed by atoms with Crippen molar-refractivity contribution in [2.75, 3.05) is 18.4 Å². The normalized spacial score (nSPS) is 10.3. The van der Waals surface area contributed by atoms with Crippen molar-refractivity contribution in [2.24, 2.45) is 0 Å². The third kappa shape index (κ3) is 5.24. The highest BCUT2D eigenvalue weighted by atomic mass is 16.6. The van der Waals surface area contributed by atoms with Crippen molar-refractivity contribution in [3.63, 3.8) is 0 Å². The van der Waals surface area contributed by atoms with Crippen LogP contribution in [0.15, 0.2) is 54.6 Å². The Balaban J connectivity index is 1.60. The molecule has 2 N–H and O–H groups in total. The van der Waals surface area contributed by atoms with E-state index >= 15 is 0 Å². The standard InChI is InChI=1S/C16H19N3O2/c20-19(21)16-9-7-15(8-10-16)18-12-4-11-17-13-14-5-2-1-3-6-14/h1-3,5-10,17-18H,4,11-13H2. The van der Waals surface area contributed by atoms with Crippen LogP contribution in [0.5, 0.6) is 0 Å². The fourth-order valence-corrected chi connectivity index (χ4v) is 1.98. The number of rotatable bonds is 8. The Morgan fingerprint density at radius 3 is 2.33 bits per heavy atom. The van der Waals surface area contributed by atoms with Crippen LogP contribution in [0.3, 0.4) is 0 Å². The van der Waals surface area contributed by atoms with Gasteiger partial charge in [0.05, 0.1) is 4.92 Å². The second kappa shape index (κ2) is 8.01. The lowest BCUT2D eigenvalue weighted by Crippen LogP contribution is -2.17.